The normalized spacial score (nSPS) is 15.7. The zero-order chi connectivity index (χ0) is 15.1. The van der Waals surface area contributed by atoms with Gasteiger partial charge in [0.2, 0.25) is 5.91 Å². The second-order valence-corrected chi connectivity index (χ2v) is 5.69. The summed E-state index contributed by atoms with van der Waals surface area (Å²) in [5, 5.41) is 11.9. The van der Waals surface area contributed by atoms with Crippen LogP contribution in [0.4, 0.5) is 5.69 Å². The Hall–Kier alpha value is -1.79. The van der Waals surface area contributed by atoms with Gasteiger partial charge in [0.25, 0.3) is 0 Å². The quantitative estimate of drug-likeness (QED) is 0.647. The van der Waals surface area contributed by atoms with E-state index in [1.165, 1.54) is 12.8 Å². The van der Waals surface area contributed by atoms with E-state index in [0.29, 0.717) is 0 Å². The largest absolute Gasteiger partial charge is 0.384 e. The molecule has 0 atom stereocenters. The number of carbonyl (C=O) groups is 1. The summed E-state index contributed by atoms with van der Waals surface area (Å²) in [6, 6.07) is 5.80. The van der Waals surface area contributed by atoms with Gasteiger partial charge in [-0.25, -0.2) is 0 Å². The molecule has 0 unspecified atom stereocenters. The fourth-order valence-electron chi connectivity index (χ4n) is 2.78. The van der Waals surface area contributed by atoms with E-state index in [9.17, 15) is 4.79 Å². The first-order valence-electron chi connectivity index (χ1n) is 7.72. The summed E-state index contributed by atoms with van der Waals surface area (Å²) in [5.41, 5.74) is 2.60. The Morgan fingerprint density at radius 2 is 2.00 bits per heavy atom. The topological polar surface area (TPSA) is 49.3 Å². The standard InChI is InChI=1S/C18H23NO2/c1-14-10-11-17(16(13-14)9-6-12-20)19-18(21)15-7-4-2-3-5-8-15/h10-11,13,15,20H,2-5,7-8,12H2,1H3,(H,19,21). The van der Waals surface area contributed by atoms with Crippen molar-refractivity contribution in [1.82, 2.24) is 0 Å². The average Bonchev–Trinajstić information content (AvgIpc) is 2.76. The van der Waals surface area contributed by atoms with Crippen LogP contribution >= 0.6 is 0 Å². The minimum Gasteiger partial charge on any atom is -0.384 e. The van der Waals surface area contributed by atoms with Gasteiger partial charge in [-0.3, -0.25) is 4.79 Å². The molecule has 1 aliphatic carbocycles. The van der Waals surface area contributed by atoms with Crippen LogP contribution in [0.15, 0.2) is 18.2 Å². The van der Waals surface area contributed by atoms with Crippen molar-refractivity contribution in [3.05, 3.63) is 29.3 Å². The molecule has 1 aliphatic rings. The van der Waals surface area contributed by atoms with Gasteiger partial charge >= 0.3 is 0 Å². The summed E-state index contributed by atoms with van der Waals surface area (Å²) in [5.74, 6) is 5.78. The molecule has 112 valence electrons. The molecule has 21 heavy (non-hydrogen) atoms. The second kappa shape index (κ2) is 7.85. The Morgan fingerprint density at radius 1 is 1.29 bits per heavy atom. The van der Waals surface area contributed by atoms with Crippen LogP contribution in [0.25, 0.3) is 0 Å². The summed E-state index contributed by atoms with van der Waals surface area (Å²) in [6.45, 7) is 1.81. The summed E-state index contributed by atoms with van der Waals surface area (Å²) in [4.78, 5) is 12.4. The van der Waals surface area contributed by atoms with E-state index in [1.54, 1.807) is 0 Å². The Bertz CT molecular complexity index is 546. The van der Waals surface area contributed by atoms with E-state index in [-0.39, 0.29) is 18.4 Å². The third kappa shape index (κ3) is 4.61. The number of rotatable bonds is 2. The van der Waals surface area contributed by atoms with Gasteiger partial charge in [-0.15, -0.1) is 0 Å². The fraction of sp³-hybridized carbons (Fsp3) is 0.500. The molecule has 1 amide bonds. The van der Waals surface area contributed by atoms with Crippen molar-refractivity contribution < 1.29 is 9.90 Å². The monoisotopic (exact) mass is 285 g/mol. The average molecular weight is 285 g/mol. The van der Waals surface area contributed by atoms with Gasteiger partial charge in [0, 0.05) is 11.5 Å². The van der Waals surface area contributed by atoms with Crippen molar-refractivity contribution in [1.29, 1.82) is 0 Å². The van der Waals surface area contributed by atoms with E-state index in [1.807, 2.05) is 25.1 Å². The lowest BCUT2D eigenvalue weighted by Crippen LogP contribution is -2.22. The van der Waals surface area contributed by atoms with Crippen LogP contribution in [-0.2, 0) is 4.79 Å². The summed E-state index contributed by atoms with van der Waals surface area (Å²) >= 11 is 0. The van der Waals surface area contributed by atoms with Crippen LogP contribution < -0.4 is 5.32 Å². The van der Waals surface area contributed by atoms with Crippen molar-refractivity contribution in [2.24, 2.45) is 5.92 Å². The first-order chi connectivity index (χ1) is 10.2. The number of hydrogen-bond donors (Lipinski definition) is 2. The predicted molar refractivity (Wildman–Crippen MR) is 85.0 cm³/mol. The first kappa shape index (κ1) is 15.6. The van der Waals surface area contributed by atoms with Gasteiger partial charge in [0.05, 0.1) is 5.69 Å². The van der Waals surface area contributed by atoms with Crippen molar-refractivity contribution in [2.75, 3.05) is 11.9 Å². The summed E-state index contributed by atoms with van der Waals surface area (Å²) < 4.78 is 0. The van der Waals surface area contributed by atoms with Crippen molar-refractivity contribution in [3.63, 3.8) is 0 Å². The fourth-order valence-corrected chi connectivity index (χ4v) is 2.78. The maximum absolute atomic E-state index is 12.4. The molecule has 1 saturated carbocycles. The van der Waals surface area contributed by atoms with Gasteiger partial charge in [0.15, 0.2) is 0 Å². The summed E-state index contributed by atoms with van der Waals surface area (Å²) in [6.07, 6.45) is 6.72. The van der Waals surface area contributed by atoms with Crippen LogP contribution in [0.1, 0.15) is 49.7 Å². The molecule has 3 heteroatoms. The number of hydrogen-bond acceptors (Lipinski definition) is 2. The molecule has 0 saturated heterocycles. The SMILES string of the molecule is Cc1ccc(NC(=O)C2CCCCCC2)c(C#CCO)c1. The molecule has 1 aromatic carbocycles. The van der Waals surface area contributed by atoms with Crippen LogP contribution in [0, 0.1) is 24.7 Å². The molecule has 0 spiro atoms. The van der Waals surface area contributed by atoms with Crippen molar-refractivity contribution >= 4 is 11.6 Å². The van der Waals surface area contributed by atoms with E-state index >= 15 is 0 Å². The Balaban J connectivity index is 2.12. The third-order valence-electron chi connectivity index (χ3n) is 3.96. The molecule has 0 aromatic heterocycles. The van der Waals surface area contributed by atoms with E-state index < -0.39 is 0 Å². The molecule has 2 N–H and O–H groups in total. The van der Waals surface area contributed by atoms with Gasteiger partial charge in [-0.1, -0.05) is 43.6 Å². The highest BCUT2D eigenvalue weighted by Crippen LogP contribution is 2.25. The maximum atomic E-state index is 12.4. The zero-order valence-electron chi connectivity index (χ0n) is 12.6. The second-order valence-electron chi connectivity index (χ2n) is 5.69. The highest BCUT2D eigenvalue weighted by atomic mass is 16.2. The minimum absolute atomic E-state index is 0.104. The first-order valence-corrected chi connectivity index (χ1v) is 7.72. The Morgan fingerprint density at radius 3 is 2.67 bits per heavy atom. The molecular weight excluding hydrogens is 262 g/mol. The lowest BCUT2D eigenvalue weighted by atomic mass is 9.99. The smallest absolute Gasteiger partial charge is 0.227 e. The van der Waals surface area contributed by atoms with Crippen molar-refractivity contribution in [3.8, 4) is 11.8 Å². The van der Waals surface area contributed by atoms with Crippen LogP contribution in [-0.4, -0.2) is 17.6 Å². The Kier molecular flexibility index (Phi) is 5.83. The number of anilines is 1. The third-order valence-corrected chi connectivity index (χ3v) is 3.96. The molecule has 1 fully saturated rings. The zero-order valence-corrected chi connectivity index (χ0v) is 12.6. The highest BCUT2D eigenvalue weighted by Gasteiger charge is 2.20. The molecule has 3 nitrogen and oxygen atoms in total. The number of amides is 1. The lowest BCUT2D eigenvalue weighted by molar-refractivity contribution is -0.120. The molecule has 0 bridgehead atoms. The minimum atomic E-state index is -0.177. The molecule has 0 heterocycles. The number of benzene rings is 1. The van der Waals surface area contributed by atoms with E-state index in [4.69, 9.17) is 5.11 Å². The van der Waals surface area contributed by atoms with Crippen LogP contribution in [0.3, 0.4) is 0 Å². The maximum Gasteiger partial charge on any atom is 0.227 e. The molecule has 1 aromatic rings. The number of aryl methyl sites for hydroxylation is 1. The van der Waals surface area contributed by atoms with Gasteiger partial charge in [-0.05, 0) is 37.5 Å². The predicted octanol–water partition coefficient (Wildman–Crippen LogP) is 3.25. The van der Waals surface area contributed by atoms with Gasteiger partial charge in [0.1, 0.15) is 6.61 Å². The molecule has 2 rings (SSSR count). The molecular formula is C18H23NO2. The number of nitrogens with one attached hydrogen (secondary N) is 1. The number of aliphatic hydroxyl groups excluding tert-OH is 1. The van der Waals surface area contributed by atoms with Gasteiger partial charge in [-0.2, -0.15) is 0 Å². The molecule has 0 radical (unpaired) electrons. The van der Waals surface area contributed by atoms with Crippen molar-refractivity contribution in [2.45, 2.75) is 45.4 Å². The van der Waals surface area contributed by atoms with E-state index in [0.717, 1.165) is 42.5 Å². The Labute approximate surface area is 126 Å². The highest BCUT2D eigenvalue weighted by molar-refractivity contribution is 5.93. The molecule has 0 aliphatic heterocycles. The number of aliphatic hydroxyl groups is 1. The van der Waals surface area contributed by atoms with Crippen LogP contribution in [0.5, 0.6) is 0 Å². The van der Waals surface area contributed by atoms with Crippen LogP contribution in [0.2, 0.25) is 0 Å². The van der Waals surface area contributed by atoms with E-state index in [2.05, 4.69) is 17.2 Å². The lowest BCUT2D eigenvalue weighted by Gasteiger charge is -2.15. The number of carbonyl (C=O) groups excluding carboxylic acids is 1. The van der Waals surface area contributed by atoms with Gasteiger partial charge < -0.3 is 10.4 Å². The summed E-state index contributed by atoms with van der Waals surface area (Å²) in [7, 11) is 0.